The van der Waals surface area contributed by atoms with Crippen LogP contribution in [0.5, 0.6) is 0 Å². The van der Waals surface area contributed by atoms with Gasteiger partial charge in [-0.2, -0.15) is 0 Å². The Balaban J connectivity index is 2.59. The van der Waals surface area contributed by atoms with E-state index in [1.54, 1.807) is 11.0 Å². The van der Waals surface area contributed by atoms with Crippen molar-refractivity contribution in [2.24, 2.45) is 0 Å². The Kier molecular flexibility index (Phi) is 6.32. The molecule has 114 valence electrons. The van der Waals surface area contributed by atoms with E-state index >= 15 is 0 Å². The first-order valence-corrected chi connectivity index (χ1v) is 6.80. The highest BCUT2D eigenvalue weighted by atomic mass is 16.6. The minimum Gasteiger partial charge on any atom is -0.343 e. The third-order valence-corrected chi connectivity index (χ3v) is 3.06. The maximum atomic E-state index is 11.8. The molecule has 0 aliphatic carbocycles. The minimum atomic E-state index is -0.559. The molecule has 1 rings (SSSR count). The smallest absolute Gasteiger partial charge is 0.292 e. The van der Waals surface area contributed by atoms with Gasteiger partial charge < -0.3 is 10.2 Å². The van der Waals surface area contributed by atoms with Gasteiger partial charge in [0.05, 0.1) is 4.92 Å². The number of nitro benzene ring substituents is 1. The Morgan fingerprint density at radius 1 is 1.19 bits per heavy atom. The number of amides is 2. The van der Waals surface area contributed by atoms with Crippen molar-refractivity contribution in [2.75, 3.05) is 18.4 Å². The van der Waals surface area contributed by atoms with Gasteiger partial charge in [0, 0.05) is 32.0 Å². The third-order valence-electron chi connectivity index (χ3n) is 3.06. The lowest BCUT2D eigenvalue weighted by molar-refractivity contribution is -0.383. The molecule has 7 nitrogen and oxygen atoms in total. The van der Waals surface area contributed by atoms with Crippen molar-refractivity contribution in [3.63, 3.8) is 0 Å². The minimum absolute atomic E-state index is 0.00137. The lowest BCUT2D eigenvalue weighted by Gasteiger charge is -2.18. The maximum Gasteiger partial charge on any atom is 0.292 e. The zero-order valence-corrected chi connectivity index (χ0v) is 12.2. The number of carbonyl (C=O) groups is 2. The average Bonchev–Trinajstić information content (AvgIpc) is 2.46. The van der Waals surface area contributed by atoms with Crippen molar-refractivity contribution in [1.29, 1.82) is 0 Å². The monoisotopic (exact) mass is 293 g/mol. The zero-order valence-electron chi connectivity index (χ0n) is 12.2. The number of nitrogens with one attached hydrogen (secondary N) is 1. The summed E-state index contributed by atoms with van der Waals surface area (Å²) in [7, 11) is 0. The second-order valence-electron chi connectivity index (χ2n) is 4.39. The number of benzene rings is 1. The van der Waals surface area contributed by atoms with Crippen molar-refractivity contribution < 1.29 is 14.5 Å². The second kappa shape index (κ2) is 7.98. The highest BCUT2D eigenvalue weighted by molar-refractivity contribution is 5.95. The molecule has 0 radical (unpaired) electrons. The molecule has 0 aliphatic heterocycles. The normalized spacial score (nSPS) is 10.0. The van der Waals surface area contributed by atoms with Crippen LogP contribution in [-0.4, -0.2) is 34.7 Å². The Morgan fingerprint density at radius 2 is 1.81 bits per heavy atom. The van der Waals surface area contributed by atoms with Crippen molar-refractivity contribution in [1.82, 2.24) is 4.90 Å². The number of carbonyl (C=O) groups excluding carboxylic acids is 2. The molecule has 0 unspecified atom stereocenters. The van der Waals surface area contributed by atoms with Gasteiger partial charge in [-0.15, -0.1) is 0 Å². The van der Waals surface area contributed by atoms with Crippen LogP contribution in [0.4, 0.5) is 11.4 Å². The number of nitro groups is 1. The molecule has 0 atom stereocenters. The summed E-state index contributed by atoms with van der Waals surface area (Å²) in [6.07, 6.45) is 0.0928. The summed E-state index contributed by atoms with van der Waals surface area (Å²) in [5.41, 5.74) is -0.0243. The molecule has 21 heavy (non-hydrogen) atoms. The van der Waals surface area contributed by atoms with Gasteiger partial charge in [0.1, 0.15) is 5.69 Å². The highest BCUT2D eigenvalue weighted by Crippen LogP contribution is 2.23. The summed E-state index contributed by atoms with van der Waals surface area (Å²) in [4.78, 5) is 35.5. The van der Waals surface area contributed by atoms with E-state index in [1.165, 1.54) is 18.2 Å². The number of rotatable bonds is 7. The molecule has 0 fully saturated rings. The fraction of sp³-hybridized carbons (Fsp3) is 0.429. The molecule has 2 amide bonds. The van der Waals surface area contributed by atoms with E-state index in [4.69, 9.17) is 0 Å². The van der Waals surface area contributed by atoms with E-state index in [2.05, 4.69) is 5.32 Å². The summed E-state index contributed by atoms with van der Waals surface area (Å²) in [6, 6.07) is 5.90. The fourth-order valence-corrected chi connectivity index (χ4v) is 1.91. The molecule has 0 saturated heterocycles. The molecule has 0 spiro atoms. The maximum absolute atomic E-state index is 11.8. The van der Waals surface area contributed by atoms with Gasteiger partial charge in [-0.25, -0.2) is 0 Å². The summed E-state index contributed by atoms with van der Waals surface area (Å²) in [5.74, 6) is -0.512. The molecule has 0 heterocycles. The molecule has 1 aromatic carbocycles. The van der Waals surface area contributed by atoms with Crippen LogP contribution in [0.1, 0.15) is 26.7 Å². The first-order valence-electron chi connectivity index (χ1n) is 6.80. The van der Waals surface area contributed by atoms with E-state index in [0.717, 1.165) is 0 Å². The van der Waals surface area contributed by atoms with Gasteiger partial charge >= 0.3 is 0 Å². The Morgan fingerprint density at radius 3 is 2.38 bits per heavy atom. The quantitative estimate of drug-likeness (QED) is 0.616. The second-order valence-corrected chi connectivity index (χ2v) is 4.39. The predicted octanol–water partition coefficient (Wildman–Crippen LogP) is 2.18. The number of para-hydroxylation sites is 2. The largest absolute Gasteiger partial charge is 0.343 e. The van der Waals surface area contributed by atoms with Crippen LogP contribution >= 0.6 is 0 Å². The van der Waals surface area contributed by atoms with Crippen molar-refractivity contribution in [3.8, 4) is 0 Å². The summed E-state index contributed by atoms with van der Waals surface area (Å²) >= 11 is 0. The van der Waals surface area contributed by atoms with Crippen LogP contribution in [0.25, 0.3) is 0 Å². The van der Waals surface area contributed by atoms with Gasteiger partial charge in [-0.05, 0) is 19.9 Å². The van der Waals surface area contributed by atoms with E-state index in [-0.39, 0.29) is 30.1 Å². The third kappa shape index (κ3) is 4.87. The lowest BCUT2D eigenvalue weighted by atomic mass is 10.2. The Hall–Kier alpha value is -2.44. The van der Waals surface area contributed by atoms with E-state index in [1.807, 2.05) is 13.8 Å². The zero-order chi connectivity index (χ0) is 15.8. The van der Waals surface area contributed by atoms with E-state index in [9.17, 15) is 19.7 Å². The van der Waals surface area contributed by atoms with Crippen LogP contribution in [0, 0.1) is 10.1 Å². The number of nitrogens with zero attached hydrogens (tertiary/aromatic N) is 2. The fourth-order valence-electron chi connectivity index (χ4n) is 1.91. The Bertz CT molecular complexity index is 527. The van der Waals surface area contributed by atoms with Crippen LogP contribution < -0.4 is 5.32 Å². The van der Waals surface area contributed by atoms with Gasteiger partial charge in [-0.1, -0.05) is 12.1 Å². The summed E-state index contributed by atoms with van der Waals surface area (Å²) in [6.45, 7) is 4.94. The molecule has 1 N–H and O–H groups in total. The summed E-state index contributed by atoms with van der Waals surface area (Å²) in [5, 5.41) is 13.3. The molecule has 0 aromatic heterocycles. The molecule has 7 heteroatoms. The van der Waals surface area contributed by atoms with E-state index < -0.39 is 10.8 Å². The SMILES string of the molecule is CCN(CC)C(=O)CCC(=O)Nc1ccccc1[N+](=O)[O-]. The molecular formula is C14H19N3O4. The Labute approximate surface area is 123 Å². The predicted molar refractivity (Wildman–Crippen MR) is 78.9 cm³/mol. The average molecular weight is 293 g/mol. The van der Waals surface area contributed by atoms with Crippen LogP contribution in [0.3, 0.4) is 0 Å². The molecule has 0 aliphatic rings. The summed E-state index contributed by atoms with van der Waals surface area (Å²) < 4.78 is 0. The molecule has 0 saturated carbocycles. The number of hydrogen-bond donors (Lipinski definition) is 1. The molecule has 0 bridgehead atoms. The first kappa shape index (κ1) is 16.6. The lowest BCUT2D eigenvalue weighted by Crippen LogP contribution is -2.31. The first-order chi connectivity index (χ1) is 9.99. The number of hydrogen-bond acceptors (Lipinski definition) is 4. The van der Waals surface area contributed by atoms with Gasteiger partial charge in [0.25, 0.3) is 5.69 Å². The van der Waals surface area contributed by atoms with Crippen molar-refractivity contribution in [3.05, 3.63) is 34.4 Å². The van der Waals surface area contributed by atoms with Crippen LogP contribution in [0.15, 0.2) is 24.3 Å². The number of anilines is 1. The molecule has 1 aromatic rings. The topological polar surface area (TPSA) is 92.6 Å². The standard InChI is InChI=1S/C14H19N3O4/c1-3-16(4-2)14(19)10-9-13(18)15-11-7-5-6-8-12(11)17(20)21/h5-8H,3-4,9-10H2,1-2H3,(H,15,18). The van der Waals surface area contributed by atoms with Crippen LogP contribution in [-0.2, 0) is 9.59 Å². The van der Waals surface area contributed by atoms with Gasteiger partial charge in [-0.3, -0.25) is 19.7 Å². The van der Waals surface area contributed by atoms with Crippen molar-refractivity contribution >= 4 is 23.2 Å². The van der Waals surface area contributed by atoms with E-state index in [0.29, 0.717) is 13.1 Å². The highest BCUT2D eigenvalue weighted by Gasteiger charge is 2.16. The van der Waals surface area contributed by atoms with Crippen LogP contribution in [0.2, 0.25) is 0 Å². The molecular weight excluding hydrogens is 274 g/mol. The van der Waals surface area contributed by atoms with Crippen molar-refractivity contribution in [2.45, 2.75) is 26.7 Å². The van der Waals surface area contributed by atoms with Gasteiger partial charge in [0.2, 0.25) is 11.8 Å². The van der Waals surface area contributed by atoms with Gasteiger partial charge in [0.15, 0.2) is 0 Å².